The van der Waals surface area contributed by atoms with Crippen molar-refractivity contribution in [2.24, 2.45) is 0 Å². The van der Waals surface area contributed by atoms with Crippen LogP contribution in [-0.2, 0) is 27.9 Å². The van der Waals surface area contributed by atoms with E-state index in [1.165, 1.54) is 19.3 Å². The van der Waals surface area contributed by atoms with E-state index >= 15 is 0 Å². The van der Waals surface area contributed by atoms with Gasteiger partial charge in [0, 0.05) is 13.0 Å². The Hall–Kier alpha value is -1.28. The molecule has 0 aromatic heterocycles. The van der Waals surface area contributed by atoms with Crippen LogP contribution in [0.2, 0.25) is 0 Å². The third kappa shape index (κ3) is 28.3. The first kappa shape index (κ1) is 38.7. The predicted octanol–water partition coefficient (Wildman–Crippen LogP) is 7.53. The minimum absolute atomic E-state index is 0.0838. The molecule has 0 aliphatic rings. The van der Waals surface area contributed by atoms with Gasteiger partial charge in [-0.3, -0.25) is 13.8 Å². The van der Waals surface area contributed by atoms with Crippen LogP contribution in [0.15, 0.2) is 36.5 Å². The summed E-state index contributed by atoms with van der Waals surface area (Å²) in [5.41, 5.74) is 0. The Balaban J connectivity index is 4.09. The maximum atomic E-state index is 12.2. The Morgan fingerprint density at radius 2 is 1.43 bits per heavy atom. The molecule has 0 aliphatic heterocycles. The quantitative estimate of drug-likeness (QED) is 0.0349. The molecule has 0 amide bonds. The number of nitrogens with zero attached hydrogens (tertiary/aromatic N) is 1. The van der Waals surface area contributed by atoms with Crippen LogP contribution in [0.4, 0.5) is 0 Å². The van der Waals surface area contributed by atoms with Crippen molar-refractivity contribution < 1.29 is 37.3 Å². The van der Waals surface area contributed by atoms with Gasteiger partial charge in [0.1, 0.15) is 19.3 Å². The molecule has 234 valence electrons. The number of esters is 1. The molecule has 9 heteroatoms. The minimum atomic E-state index is -4.24. The molecule has 0 bridgehead atoms. The highest BCUT2D eigenvalue weighted by Gasteiger charge is 2.26. The van der Waals surface area contributed by atoms with Gasteiger partial charge in [-0.15, -0.1) is 0 Å². The van der Waals surface area contributed by atoms with Gasteiger partial charge in [-0.2, -0.15) is 0 Å². The standard InChI is InChI=1S/C31H58NO7P/c1-6-8-10-11-12-13-14-15-16-17-18-19-20-21-22-23-26-36-28-30(39-31(33)24-9-7-2)29-38-40(34,35)37-27-25-32(3,4)5/h8,10,12-13,15-16,30H,6-7,9,11,14,17-29H2,1-5H3/p+1/b10-8-,13-12-,16-15-. The summed E-state index contributed by atoms with van der Waals surface area (Å²) < 4.78 is 34.1. The highest BCUT2D eigenvalue weighted by molar-refractivity contribution is 7.47. The lowest BCUT2D eigenvalue weighted by Crippen LogP contribution is -2.37. The zero-order valence-corrected chi connectivity index (χ0v) is 27.0. The van der Waals surface area contributed by atoms with Crippen molar-refractivity contribution in [3.63, 3.8) is 0 Å². The molecular weight excluding hydrogens is 529 g/mol. The van der Waals surface area contributed by atoms with Crippen molar-refractivity contribution in [1.29, 1.82) is 0 Å². The molecule has 0 aromatic rings. The van der Waals surface area contributed by atoms with Gasteiger partial charge in [-0.25, -0.2) is 4.57 Å². The third-order valence-electron chi connectivity index (χ3n) is 5.97. The van der Waals surface area contributed by atoms with Crippen molar-refractivity contribution in [3.05, 3.63) is 36.5 Å². The summed E-state index contributed by atoms with van der Waals surface area (Å²) in [4.78, 5) is 22.1. The molecule has 0 aliphatic carbocycles. The molecule has 0 spiro atoms. The fourth-order valence-corrected chi connectivity index (χ4v) is 4.28. The molecule has 0 saturated heterocycles. The summed E-state index contributed by atoms with van der Waals surface area (Å²) in [5.74, 6) is -0.357. The second kappa shape index (κ2) is 25.4. The molecule has 40 heavy (non-hydrogen) atoms. The maximum absolute atomic E-state index is 12.2. The maximum Gasteiger partial charge on any atom is 0.472 e. The molecule has 0 radical (unpaired) electrons. The molecule has 8 nitrogen and oxygen atoms in total. The predicted molar refractivity (Wildman–Crippen MR) is 164 cm³/mol. The number of likely N-dealkylation sites (N-methyl/N-ethyl adjacent to an activating group) is 1. The lowest BCUT2D eigenvalue weighted by molar-refractivity contribution is -0.870. The van der Waals surface area contributed by atoms with Crippen molar-refractivity contribution in [2.75, 3.05) is 54.1 Å². The number of hydrogen-bond acceptors (Lipinski definition) is 6. The number of carbonyl (C=O) groups excluding carboxylic acids is 1. The van der Waals surface area contributed by atoms with E-state index in [-0.39, 0.29) is 25.8 Å². The van der Waals surface area contributed by atoms with Crippen LogP contribution in [0, 0.1) is 0 Å². The number of phosphoric acid groups is 1. The van der Waals surface area contributed by atoms with Crippen LogP contribution in [0.3, 0.4) is 0 Å². The normalized spacial score (nSPS) is 14.8. The van der Waals surface area contributed by atoms with Gasteiger partial charge in [-0.1, -0.05) is 82.4 Å². The van der Waals surface area contributed by atoms with Crippen LogP contribution in [0.5, 0.6) is 0 Å². The highest BCUT2D eigenvalue weighted by atomic mass is 31.2. The minimum Gasteiger partial charge on any atom is -0.457 e. The molecule has 0 rings (SSSR count). The Morgan fingerprint density at radius 3 is 2.08 bits per heavy atom. The van der Waals surface area contributed by atoms with E-state index in [2.05, 4.69) is 43.4 Å². The van der Waals surface area contributed by atoms with Gasteiger partial charge < -0.3 is 18.9 Å². The molecule has 0 aromatic carbocycles. The first-order chi connectivity index (χ1) is 19.1. The van der Waals surface area contributed by atoms with E-state index in [9.17, 15) is 14.3 Å². The second-order valence-electron chi connectivity index (χ2n) is 11.1. The number of unbranched alkanes of at least 4 members (excludes halogenated alkanes) is 7. The molecule has 2 atom stereocenters. The van der Waals surface area contributed by atoms with Crippen LogP contribution in [-0.4, -0.2) is 75.6 Å². The Bertz CT molecular complexity index is 746. The molecule has 1 N–H and O–H groups in total. The van der Waals surface area contributed by atoms with Gasteiger partial charge in [0.25, 0.3) is 0 Å². The van der Waals surface area contributed by atoms with Crippen molar-refractivity contribution in [3.8, 4) is 0 Å². The number of carbonyl (C=O) groups is 1. The topological polar surface area (TPSA) is 91.3 Å². The van der Waals surface area contributed by atoms with Gasteiger partial charge in [-0.05, 0) is 44.9 Å². The fourth-order valence-electron chi connectivity index (χ4n) is 3.54. The van der Waals surface area contributed by atoms with Crippen LogP contribution >= 0.6 is 7.82 Å². The summed E-state index contributed by atoms with van der Waals surface area (Å²) in [5, 5.41) is 0. The Labute approximate surface area is 245 Å². The first-order valence-electron chi connectivity index (χ1n) is 15.2. The second-order valence-corrected chi connectivity index (χ2v) is 12.6. The van der Waals surface area contributed by atoms with E-state index in [0.717, 1.165) is 57.8 Å². The summed E-state index contributed by atoms with van der Waals surface area (Å²) in [7, 11) is 1.64. The summed E-state index contributed by atoms with van der Waals surface area (Å²) in [6.45, 7) is 5.20. The lowest BCUT2D eigenvalue weighted by Gasteiger charge is -2.24. The van der Waals surface area contributed by atoms with Crippen molar-refractivity contribution >= 4 is 13.8 Å². The van der Waals surface area contributed by atoms with Crippen LogP contribution in [0.1, 0.15) is 97.3 Å². The van der Waals surface area contributed by atoms with E-state index in [4.69, 9.17) is 18.5 Å². The monoisotopic (exact) mass is 588 g/mol. The number of allylic oxidation sites excluding steroid dienone is 6. The van der Waals surface area contributed by atoms with Gasteiger partial charge in [0.15, 0.2) is 0 Å². The van der Waals surface area contributed by atoms with Crippen LogP contribution < -0.4 is 0 Å². The first-order valence-corrected chi connectivity index (χ1v) is 16.7. The SMILES string of the molecule is CC/C=C\C/C=C\C/C=C\CCCCCCCCOCC(COP(=O)(O)OCC[N+](C)(C)C)OC(=O)CCCC. The lowest BCUT2D eigenvalue weighted by atomic mass is 10.1. The third-order valence-corrected chi connectivity index (χ3v) is 6.95. The van der Waals surface area contributed by atoms with E-state index in [0.29, 0.717) is 24.1 Å². The fraction of sp³-hybridized carbons (Fsp3) is 0.774. The van der Waals surface area contributed by atoms with E-state index in [1.807, 2.05) is 28.1 Å². The summed E-state index contributed by atoms with van der Waals surface area (Å²) in [6, 6.07) is 0. The Kier molecular flexibility index (Phi) is 24.6. The zero-order chi connectivity index (χ0) is 30.0. The number of ether oxygens (including phenoxy) is 2. The van der Waals surface area contributed by atoms with Gasteiger partial charge in [0.05, 0.1) is 34.4 Å². The average molecular weight is 589 g/mol. The van der Waals surface area contributed by atoms with Gasteiger partial charge >= 0.3 is 13.8 Å². The number of phosphoric ester groups is 1. The summed E-state index contributed by atoms with van der Waals surface area (Å²) in [6.07, 6.45) is 25.6. The van der Waals surface area contributed by atoms with Crippen molar-refractivity contribution in [2.45, 2.75) is 103 Å². The average Bonchev–Trinajstić information content (AvgIpc) is 2.88. The largest absolute Gasteiger partial charge is 0.472 e. The van der Waals surface area contributed by atoms with Crippen LogP contribution in [0.25, 0.3) is 0 Å². The van der Waals surface area contributed by atoms with E-state index < -0.39 is 13.9 Å². The number of hydrogen-bond donors (Lipinski definition) is 1. The van der Waals surface area contributed by atoms with Crippen molar-refractivity contribution in [1.82, 2.24) is 0 Å². The Morgan fingerprint density at radius 1 is 0.800 bits per heavy atom. The molecule has 0 heterocycles. The smallest absolute Gasteiger partial charge is 0.457 e. The van der Waals surface area contributed by atoms with Gasteiger partial charge in [0.2, 0.25) is 0 Å². The highest BCUT2D eigenvalue weighted by Crippen LogP contribution is 2.43. The molecular formula is C31H59NO7P+. The zero-order valence-electron chi connectivity index (χ0n) is 26.1. The number of rotatable bonds is 27. The molecule has 0 saturated carbocycles. The molecule has 2 unspecified atom stereocenters. The summed E-state index contributed by atoms with van der Waals surface area (Å²) >= 11 is 0. The van der Waals surface area contributed by atoms with E-state index in [1.54, 1.807) is 0 Å². The number of quaternary nitrogens is 1. The molecule has 0 fully saturated rings.